The fourth-order valence-electron chi connectivity index (χ4n) is 3.43. The van der Waals surface area contributed by atoms with E-state index in [1.807, 2.05) is 6.20 Å². The quantitative estimate of drug-likeness (QED) is 0.392. The average Bonchev–Trinajstić information content (AvgIpc) is 2.67. The largest absolute Gasteiger partial charge is 0.256 e. The molecule has 26 heavy (non-hydrogen) atoms. The topological polar surface area (TPSA) is 12.9 Å². The first-order chi connectivity index (χ1) is 12.6. The van der Waals surface area contributed by atoms with Crippen LogP contribution in [0.5, 0.6) is 0 Å². The lowest BCUT2D eigenvalue weighted by Crippen LogP contribution is -1.93. The molecule has 0 aliphatic carbocycles. The molecule has 1 aromatic heterocycles. The molecule has 0 saturated heterocycles. The minimum atomic E-state index is 0.467. The highest BCUT2D eigenvalue weighted by Gasteiger charge is 2.11. The highest BCUT2D eigenvalue weighted by atomic mass is 14.7. The lowest BCUT2D eigenvalue weighted by molar-refractivity contribution is 0.867. The van der Waals surface area contributed by atoms with Crippen LogP contribution in [0.25, 0.3) is 33.2 Å². The summed E-state index contributed by atoms with van der Waals surface area (Å²) in [6.07, 6.45) is 1.91. The molecular weight excluding hydrogens is 314 g/mol. The van der Waals surface area contributed by atoms with Gasteiger partial charge in [0, 0.05) is 17.1 Å². The van der Waals surface area contributed by atoms with Gasteiger partial charge in [0.25, 0.3) is 0 Å². The van der Waals surface area contributed by atoms with E-state index in [0.717, 1.165) is 5.69 Å². The van der Waals surface area contributed by atoms with E-state index in [1.54, 1.807) is 0 Å². The second-order valence-electron chi connectivity index (χ2n) is 7.25. The van der Waals surface area contributed by atoms with Gasteiger partial charge in [-0.25, -0.2) is 0 Å². The molecule has 0 amide bonds. The molecule has 4 rings (SSSR count). The molecular formula is C25H23N. The van der Waals surface area contributed by atoms with Gasteiger partial charge in [0.05, 0.1) is 5.69 Å². The van der Waals surface area contributed by atoms with Crippen molar-refractivity contribution in [1.29, 1.82) is 0 Å². The van der Waals surface area contributed by atoms with Crippen LogP contribution in [0.3, 0.4) is 0 Å². The smallest absolute Gasteiger partial charge is 0.0780 e. The Hall–Kier alpha value is -2.93. The average molecular weight is 337 g/mol. The summed E-state index contributed by atoms with van der Waals surface area (Å²) >= 11 is 0. The Kier molecular flexibility index (Phi) is 4.30. The van der Waals surface area contributed by atoms with E-state index in [-0.39, 0.29) is 0 Å². The molecule has 0 bridgehead atoms. The number of aromatic nitrogens is 1. The molecule has 3 aromatic carbocycles. The number of rotatable bonds is 3. The van der Waals surface area contributed by atoms with Gasteiger partial charge in [0.1, 0.15) is 0 Å². The van der Waals surface area contributed by atoms with Crippen molar-refractivity contribution >= 4 is 10.8 Å². The molecule has 1 heteroatoms. The lowest BCUT2D eigenvalue weighted by atomic mass is 9.92. The fraction of sp³-hybridized carbons (Fsp3) is 0.160. The molecule has 128 valence electrons. The van der Waals surface area contributed by atoms with Crippen molar-refractivity contribution in [3.8, 4) is 22.4 Å². The molecule has 0 N–H and O–H groups in total. The zero-order chi connectivity index (χ0) is 18.1. The van der Waals surface area contributed by atoms with Crippen molar-refractivity contribution in [2.45, 2.75) is 26.7 Å². The summed E-state index contributed by atoms with van der Waals surface area (Å²) in [5, 5.41) is 2.45. The molecule has 1 nitrogen and oxygen atoms in total. The van der Waals surface area contributed by atoms with Crippen molar-refractivity contribution in [1.82, 2.24) is 4.98 Å². The van der Waals surface area contributed by atoms with Gasteiger partial charge in [0.2, 0.25) is 0 Å². The third kappa shape index (κ3) is 3.13. The minimum absolute atomic E-state index is 0.467. The fourth-order valence-corrected chi connectivity index (χ4v) is 3.43. The van der Waals surface area contributed by atoms with E-state index in [0.29, 0.717) is 5.92 Å². The van der Waals surface area contributed by atoms with E-state index >= 15 is 0 Å². The van der Waals surface area contributed by atoms with Gasteiger partial charge in [-0.05, 0) is 59.2 Å². The standard InChI is InChI=1S/C25H23N/c1-17(2)21-14-22(19-7-5-4-6-8-19)16-23(15-21)25-24-13-18(3)9-10-20(24)11-12-26-25/h4-17H,1-3H3. The SMILES string of the molecule is Cc1ccc2ccnc(-c3cc(-c4ccccc4)cc(C(C)C)c3)c2c1. The van der Waals surface area contributed by atoms with Gasteiger partial charge >= 0.3 is 0 Å². The van der Waals surface area contributed by atoms with Crippen molar-refractivity contribution in [2.24, 2.45) is 0 Å². The molecule has 0 atom stereocenters. The number of pyridine rings is 1. The first-order valence-corrected chi connectivity index (χ1v) is 9.18. The zero-order valence-corrected chi connectivity index (χ0v) is 15.5. The molecule has 1 heterocycles. The van der Waals surface area contributed by atoms with Gasteiger partial charge in [0.15, 0.2) is 0 Å². The van der Waals surface area contributed by atoms with Gasteiger partial charge in [-0.2, -0.15) is 0 Å². The van der Waals surface area contributed by atoms with Crippen molar-refractivity contribution in [3.05, 3.63) is 90.1 Å². The summed E-state index contributed by atoms with van der Waals surface area (Å²) in [7, 11) is 0. The second-order valence-corrected chi connectivity index (χ2v) is 7.25. The summed E-state index contributed by atoms with van der Waals surface area (Å²) in [4.78, 5) is 4.75. The molecule has 0 aliphatic rings. The van der Waals surface area contributed by atoms with Crippen LogP contribution in [-0.4, -0.2) is 4.98 Å². The second kappa shape index (κ2) is 6.76. The molecule has 0 saturated carbocycles. The maximum Gasteiger partial charge on any atom is 0.0780 e. The van der Waals surface area contributed by atoms with Crippen LogP contribution in [-0.2, 0) is 0 Å². The van der Waals surface area contributed by atoms with E-state index in [1.165, 1.54) is 38.6 Å². The molecule has 0 aliphatic heterocycles. The Morgan fingerprint density at radius 3 is 2.27 bits per heavy atom. The van der Waals surface area contributed by atoms with Crippen molar-refractivity contribution in [3.63, 3.8) is 0 Å². The van der Waals surface area contributed by atoms with Crippen LogP contribution < -0.4 is 0 Å². The summed E-state index contributed by atoms with van der Waals surface area (Å²) in [6.45, 7) is 6.62. The number of fused-ring (bicyclic) bond motifs is 1. The van der Waals surface area contributed by atoms with Gasteiger partial charge in [-0.1, -0.05) is 67.9 Å². The highest BCUT2D eigenvalue weighted by Crippen LogP contribution is 2.33. The molecule has 0 fully saturated rings. The van der Waals surface area contributed by atoms with E-state index in [9.17, 15) is 0 Å². The third-order valence-corrected chi connectivity index (χ3v) is 4.92. The van der Waals surface area contributed by atoms with Crippen LogP contribution in [0.2, 0.25) is 0 Å². The van der Waals surface area contributed by atoms with Gasteiger partial charge in [-0.15, -0.1) is 0 Å². The predicted molar refractivity (Wildman–Crippen MR) is 111 cm³/mol. The minimum Gasteiger partial charge on any atom is -0.256 e. The number of nitrogens with zero attached hydrogens (tertiary/aromatic N) is 1. The zero-order valence-electron chi connectivity index (χ0n) is 15.5. The first kappa shape index (κ1) is 16.5. The van der Waals surface area contributed by atoms with Crippen molar-refractivity contribution < 1.29 is 0 Å². The van der Waals surface area contributed by atoms with Crippen LogP contribution in [0.1, 0.15) is 30.9 Å². The van der Waals surface area contributed by atoms with Crippen LogP contribution in [0.4, 0.5) is 0 Å². The number of hydrogen-bond donors (Lipinski definition) is 0. The number of hydrogen-bond acceptors (Lipinski definition) is 1. The van der Waals surface area contributed by atoms with Crippen LogP contribution in [0.15, 0.2) is 79.0 Å². The van der Waals surface area contributed by atoms with Gasteiger partial charge in [-0.3, -0.25) is 4.98 Å². The normalized spacial score (nSPS) is 11.2. The summed E-state index contributed by atoms with van der Waals surface area (Å²) < 4.78 is 0. The number of benzene rings is 3. The molecule has 0 radical (unpaired) electrons. The predicted octanol–water partition coefficient (Wildman–Crippen LogP) is 7.00. The maximum atomic E-state index is 4.75. The molecule has 0 spiro atoms. The van der Waals surface area contributed by atoms with E-state index in [2.05, 4.69) is 93.6 Å². The lowest BCUT2D eigenvalue weighted by Gasteiger charge is -2.14. The van der Waals surface area contributed by atoms with Gasteiger partial charge < -0.3 is 0 Å². The highest BCUT2D eigenvalue weighted by molar-refractivity contribution is 5.95. The Balaban J connectivity index is 1.97. The summed E-state index contributed by atoms with van der Waals surface area (Å²) in [5.41, 5.74) is 7.34. The maximum absolute atomic E-state index is 4.75. The monoisotopic (exact) mass is 337 g/mol. The summed E-state index contributed by atoms with van der Waals surface area (Å²) in [5.74, 6) is 0.467. The van der Waals surface area contributed by atoms with E-state index < -0.39 is 0 Å². The molecule has 0 unspecified atom stereocenters. The molecule has 4 aromatic rings. The van der Waals surface area contributed by atoms with E-state index in [4.69, 9.17) is 4.98 Å². The number of aryl methyl sites for hydroxylation is 1. The van der Waals surface area contributed by atoms with Crippen LogP contribution in [0, 0.1) is 6.92 Å². The van der Waals surface area contributed by atoms with Crippen LogP contribution >= 0.6 is 0 Å². The Labute approximate surface area is 155 Å². The Morgan fingerprint density at radius 1 is 0.731 bits per heavy atom. The summed E-state index contributed by atoms with van der Waals surface area (Å²) in [6, 6.07) is 26.1. The third-order valence-electron chi connectivity index (χ3n) is 4.92. The van der Waals surface area contributed by atoms with Crippen molar-refractivity contribution in [2.75, 3.05) is 0 Å². The first-order valence-electron chi connectivity index (χ1n) is 9.18. The Bertz CT molecular complexity index is 1060. The Morgan fingerprint density at radius 2 is 1.50 bits per heavy atom.